The van der Waals surface area contributed by atoms with Crippen LogP contribution in [0.4, 0.5) is 5.69 Å². The lowest BCUT2D eigenvalue weighted by Crippen LogP contribution is -2.28. The third-order valence-electron chi connectivity index (χ3n) is 4.43. The minimum Gasteiger partial charge on any atom is -0.345 e. The first-order valence-corrected chi connectivity index (χ1v) is 10.2. The molecule has 1 amide bonds. The van der Waals surface area contributed by atoms with Crippen LogP contribution in [0, 0.1) is 0 Å². The van der Waals surface area contributed by atoms with Crippen molar-refractivity contribution < 1.29 is 13.2 Å². The summed E-state index contributed by atoms with van der Waals surface area (Å²) in [5.41, 5.74) is 1.84. The van der Waals surface area contributed by atoms with Crippen LogP contribution in [0.3, 0.4) is 0 Å². The Kier molecular flexibility index (Phi) is 5.75. The first-order valence-electron chi connectivity index (χ1n) is 8.74. The molecule has 3 aromatic rings. The number of amides is 1. The first kappa shape index (κ1) is 19.6. The van der Waals surface area contributed by atoms with Crippen LogP contribution in [0.1, 0.15) is 28.9 Å². The number of para-hydroxylation sites is 1. The normalized spacial score (nSPS) is 12.2. The van der Waals surface area contributed by atoms with Crippen molar-refractivity contribution in [1.29, 1.82) is 0 Å². The molecule has 1 heterocycles. The van der Waals surface area contributed by atoms with Crippen molar-refractivity contribution in [2.45, 2.75) is 17.9 Å². The zero-order chi connectivity index (χ0) is 20.1. The van der Waals surface area contributed by atoms with Crippen molar-refractivity contribution in [3.63, 3.8) is 0 Å². The summed E-state index contributed by atoms with van der Waals surface area (Å²) in [6.07, 6.45) is 3.36. The van der Waals surface area contributed by atoms with Crippen LogP contribution < -0.4 is 9.62 Å². The van der Waals surface area contributed by atoms with Crippen LogP contribution in [0.2, 0.25) is 0 Å². The zero-order valence-corrected chi connectivity index (χ0v) is 16.4. The zero-order valence-electron chi connectivity index (χ0n) is 15.6. The van der Waals surface area contributed by atoms with Gasteiger partial charge in [0.15, 0.2) is 0 Å². The Morgan fingerprint density at radius 2 is 1.68 bits per heavy atom. The Morgan fingerprint density at radius 3 is 2.29 bits per heavy atom. The maximum absolute atomic E-state index is 12.8. The number of nitrogens with one attached hydrogen (secondary N) is 1. The Morgan fingerprint density at radius 1 is 1.00 bits per heavy atom. The summed E-state index contributed by atoms with van der Waals surface area (Å²) in [4.78, 5) is 16.6. The number of carbonyl (C=O) groups excluding carboxylic acids is 1. The molecule has 0 aliphatic carbocycles. The summed E-state index contributed by atoms with van der Waals surface area (Å²) in [6.45, 7) is 1.86. The number of carbonyl (C=O) groups is 1. The van der Waals surface area contributed by atoms with Crippen molar-refractivity contribution in [1.82, 2.24) is 10.3 Å². The molecule has 1 unspecified atom stereocenters. The average Bonchev–Trinajstić information content (AvgIpc) is 2.74. The molecule has 0 saturated carbocycles. The molecule has 144 valence electrons. The average molecular weight is 395 g/mol. The van der Waals surface area contributed by atoms with Crippen LogP contribution in [0.5, 0.6) is 0 Å². The van der Waals surface area contributed by atoms with E-state index < -0.39 is 10.0 Å². The quantitative estimate of drug-likeness (QED) is 0.694. The fourth-order valence-corrected chi connectivity index (χ4v) is 3.90. The van der Waals surface area contributed by atoms with Gasteiger partial charge in [-0.3, -0.25) is 14.1 Å². The smallest absolute Gasteiger partial charge is 0.264 e. The van der Waals surface area contributed by atoms with Gasteiger partial charge in [-0.2, -0.15) is 0 Å². The number of benzene rings is 2. The molecule has 0 aliphatic heterocycles. The number of hydrogen-bond donors (Lipinski definition) is 1. The van der Waals surface area contributed by atoms with E-state index in [1.165, 1.54) is 35.6 Å². The van der Waals surface area contributed by atoms with E-state index in [9.17, 15) is 13.2 Å². The van der Waals surface area contributed by atoms with Gasteiger partial charge in [0.05, 0.1) is 16.6 Å². The van der Waals surface area contributed by atoms with Gasteiger partial charge in [0.1, 0.15) is 0 Å². The second-order valence-electron chi connectivity index (χ2n) is 6.31. The van der Waals surface area contributed by atoms with Crippen molar-refractivity contribution in [2.75, 3.05) is 11.4 Å². The van der Waals surface area contributed by atoms with Crippen LogP contribution in [-0.2, 0) is 10.0 Å². The molecule has 28 heavy (non-hydrogen) atoms. The van der Waals surface area contributed by atoms with Gasteiger partial charge in [-0.05, 0) is 55.0 Å². The van der Waals surface area contributed by atoms with E-state index in [1.807, 2.05) is 19.1 Å². The number of anilines is 1. The molecular weight excluding hydrogens is 374 g/mol. The molecule has 0 fully saturated rings. The summed E-state index contributed by atoms with van der Waals surface area (Å²) >= 11 is 0. The van der Waals surface area contributed by atoms with Gasteiger partial charge in [0.25, 0.3) is 15.9 Å². The third kappa shape index (κ3) is 4.20. The van der Waals surface area contributed by atoms with Crippen molar-refractivity contribution in [2.24, 2.45) is 0 Å². The molecule has 0 bridgehead atoms. The van der Waals surface area contributed by atoms with Gasteiger partial charge in [0, 0.05) is 25.0 Å². The molecule has 0 spiro atoms. The number of hydrogen-bond acceptors (Lipinski definition) is 4. The van der Waals surface area contributed by atoms with Gasteiger partial charge in [-0.1, -0.05) is 24.3 Å². The summed E-state index contributed by atoms with van der Waals surface area (Å²) in [5.74, 6) is -0.281. The number of rotatable bonds is 6. The Balaban J connectivity index is 1.75. The fraction of sp³-hybridized carbons (Fsp3) is 0.143. The topological polar surface area (TPSA) is 79.4 Å². The van der Waals surface area contributed by atoms with Crippen LogP contribution in [0.15, 0.2) is 84.0 Å². The maximum Gasteiger partial charge on any atom is 0.264 e. The highest BCUT2D eigenvalue weighted by Crippen LogP contribution is 2.22. The minimum atomic E-state index is -3.71. The lowest BCUT2D eigenvalue weighted by atomic mass is 10.1. The summed E-state index contributed by atoms with van der Waals surface area (Å²) in [6, 6.07) is 18.2. The standard InChI is InChI=1S/C21H21N3O3S/c1-16(18-7-6-14-22-15-18)23-21(25)17-10-12-20(13-11-17)28(26,27)24(2)19-8-4-3-5-9-19/h3-16H,1-2H3,(H,23,25). The Labute approximate surface area is 164 Å². The number of sulfonamides is 1. The summed E-state index contributed by atoms with van der Waals surface area (Å²) < 4.78 is 26.8. The fourth-order valence-electron chi connectivity index (χ4n) is 2.71. The monoisotopic (exact) mass is 395 g/mol. The molecular formula is C21H21N3O3S. The van der Waals surface area contributed by atoms with E-state index in [1.54, 1.807) is 42.7 Å². The summed E-state index contributed by atoms with van der Waals surface area (Å²) in [5, 5.41) is 2.88. The molecule has 1 atom stereocenters. The lowest BCUT2D eigenvalue weighted by molar-refractivity contribution is 0.0939. The first-order chi connectivity index (χ1) is 13.4. The van der Waals surface area contributed by atoms with Crippen molar-refractivity contribution in [3.05, 3.63) is 90.3 Å². The minimum absolute atomic E-state index is 0.121. The highest BCUT2D eigenvalue weighted by Gasteiger charge is 2.21. The highest BCUT2D eigenvalue weighted by atomic mass is 32.2. The van der Waals surface area contributed by atoms with Gasteiger partial charge in [0.2, 0.25) is 0 Å². The Hall–Kier alpha value is -3.19. The molecule has 7 heteroatoms. The van der Waals surface area contributed by atoms with E-state index >= 15 is 0 Å². The molecule has 3 rings (SSSR count). The van der Waals surface area contributed by atoms with E-state index in [0.717, 1.165) is 5.56 Å². The van der Waals surface area contributed by atoms with Crippen molar-refractivity contribution in [3.8, 4) is 0 Å². The second-order valence-corrected chi connectivity index (χ2v) is 8.28. The van der Waals surface area contributed by atoms with E-state index in [-0.39, 0.29) is 16.8 Å². The molecule has 2 aromatic carbocycles. The van der Waals surface area contributed by atoms with E-state index in [0.29, 0.717) is 11.3 Å². The van der Waals surface area contributed by atoms with Gasteiger partial charge >= 0.3 is 0 Å². The summed E-state index contributed by atoms with van der Waals surface area (Å²) in [7, 11) is -2.21. The largest absolute Gasteiger partial charge is 0.345 e. The SMILES string of the molecule is CC(NC(=O)c1ccc(S(=O)(=O)N(C)c2ccccc2)cc1)c1cccnc1. The molecule has 1 N–H and O–H groups in total. The predicted octanol–water partition coefficient (Wildman–Crippen LogP) is 3.40. The highest BCUT2D eigenvalue weighted by molar-refractivity contribution is 7.92. The second kappa shape index (κ2) is 8.22. The molecule has 1 aromatic heterocycles. The number of aromatic nitrogens is 1. The van der Waals surface area contributed by atoms with Gasteiger partial charge in [-0.25, -0.2) is 8.42 Å². The molecule has 0 saturated heterocycles. The van der Waals surface area contributed by atoms with E-state index in [2.05, 4.69) is 10.3 Å². The number of pyridine rings is 1. The van der Waals surface area contributed by atoms with Gasteiger partial charge in [-0.15, -0.1) is 0 Å². The maximum atomic E-state index is 12.8. The number of nitrogens with zero attached hydrogens (tertiary/aromatic N) is 2. The molecule has 0 aliphatic rings. The van der Waals surface area contributed by atoms with Crippen LogP contribution in [-0.4, -0.2) is 26.4 Å². The van der Waals surface area contributed by atoms with Crippen molar-refractivity contribution >= 4 is 21.6 Å². The lowest BCUT2D eigenvalue weighted by Gasteiger charge is -2.19. The van der Waals surface area contributed by atoms with E-state index in [4.69, 9.17) is 0 Å². The van der Waals surface area contributed by atoms with Gasteiger partial charge < -0.3 is 5.32 Å². The molecule has 6 nitrogen and oxygen atoms in total. The molecule has 0 radical (unpaired) electrons. The predicted molar refractivity (Wildman–Crippen MR) is 109 cm³/mol. The van der Waals surface area contributed by atoms with Crippen LogP contribution >= 0.6 is 0 Å². The Bertz CT molecular complexity index is 1040. The van der Waals surface area contributed by atoms with Crippen LogP contribution in [0.25, 0.3) is 0 Å². The third-order valence-corrected chi connectivity index (χ3v) is 6.23.